The SMILES string of the molecule is [2H]c1c([2H])c(N(c2ccc(-c3cccc4ccccc34)cc2)c2ccc(-c3cccc4c3sc3ccccc34)cc2)c([2H])c([2H])c1-c1cccc(-c2cccc3ccccc23)c1. The minimum atomic E-state index is -0.117. The van der Waals surface area contributed by atoms with Crippen molar-refractivity contribution >= 4 is 70.1 Å². The summed E-state index contributed by atoms with van der Waals surface area (Å²) in [4.78, 5) is 1.87. The second-order valence-corrected chi connectivity index (χ2v) is 15.6. The van der Waals surface area contributed by atoms with Crippen molar-refractivity contribution in [1.82, 2.24) is 0 Å². The van der Waals surface area contributed by atoms with E-state index in [2.05, 4.69) is 127 Å². The Kier molecular flexibility index (Phi) is 7.41. The van der Waals surface area contributed by atoms with E-state index in [0.717, 1.165) is 66.3 Å². The summed E-state index contributed by atoms with van der Waals surface area (Å²) < 4.78 is 40.8. The maximum atomic E-state index is 9.63. The van der Waals surface area contributed by atoms with Crippen LogP contribution in [0, 0.1) is 0 Å². The van der Waals surface area contributed by atoms with E-state index in [1.165, 1.54) is 20.2 Å². The second-order valence-electron chi connectivity index (χ2n) is 14.6. The lowest BCUT2D eigenvalue weighted by molar-refractivity contribution is 1.28. The Balaban J connectivity index is 1.05. The first-order chi connectivity index (χ1) is 30.4. The van der Waals surface area contributed by atoms with Gasteiger partial charge in [0.1, 0.15) is 0 Å². The fourth-order valence-corrected chi connectivity index (χ4v) is 9.56. The Morgan fingerprint density at radius 2 is 0.810 bits per heavy atom. The predicted molar refractivity (Wildman–Crippen MR) is 251 cm³/mol. The van der Waals surface area contributed by atoms with Crippen molar-refractivity contribution in [2.24, 2.45) is 0 Å². The third-order valence-electron chi connectivity index (χ3n) is 11.2. The van der Waals surface area contributed by atoms with E-state index in [4.69, 9.17) is 0 Å². The number of hydrogen-bond donors (Lipinski definition) is 0. The van der Waals surface area contributed by atoms with Crippen molar-refractivity contribution in [3.05, 3.63) is 224 Å². The van der Waals surface area contributed by atoms with E-state index in [0.29, 0.717) is 5.56 Å². The molecule has 0 saturated heterocycles. The van der Waals surface area contributed by atoms with Gasteiger partial charge in [-0.05, 0) is 115 Å². The molecule has 0 atom stereocenters. The molecule has 0 aliphatic carbocycles. The average Bonchev–Trinajstić information content (AvgIpc) is 3.71. The van der Waals surface area contributed by atoms with Crippen LogP contribution in [-0.4, -0.2) is 0 Å². The molecule has 0 saturated carbocycles. The van der Waals surface area contributed by atoms with E-state index < -0.39 is 0 Å². The fourth-order valence-electron chi connectivity index (χ4n) is 8.32. The smallest absolute Gasteiger partial charge is 0.0645 e. The molecule has 0 fully saturated rings. The Bertz CT molecular complexity index is 3480. The normalized spacial score (nSPS) is 12.4. The van der Waals surface area contributed by atoms with Crippen molar-refractivity contribution in [2.75, 3.05) is 4.90 Å². The van der Waals surface area contributed by atoms with Gasteiger partial charge in [0.15, 0.2) is 0 Å². The highest BCUT2D eigenvalue weighted by molar-refractivity contribution is 7.26. The zero-order valence-electron chi connectivity index (χ0n) is 35.4. The van der Waals surface area contributed by atoms with Crippen LogP contribution in [0.2, 0.25) is 0 Å². The van der Waals surface area contributed by atoms with Gasteiger partial charge in [-0.1, -0.05) is 176 Å². The lowest BCUT2D eigenvalue weighted by Gasteiger charge is -2.26. The quantitative estimate of drug-likeness (QED) is 0.156. The van der Waals surface area contributed by atoms with Crippen LogP contribution < -0.4 is 4.90 Å². The molecule has 1 heterocycles. The number of nitrogens with zero attached hydrogens (tertiary/aromatic N) is 1. The molecular weight excluding hydrogens is 719 g/mol. The molecule has 1 aromatic heterocycles. The maximum Gasteiger partial charge on any atom is 0.0645 e. The number of rotatable bonds is 7. The van der Waals surface area contributed by atoms with Gasteiger partial charge in [-0.2, -0.15) is 0 Å². The third-order valence-corrected chi connectivity index (χ3v) is 12.4. The minimum absolute atomic E-state index is 0.0958. The average molecular weight is 760 g/mol. The van der Waals surface area contributed by atoms with Gasteiger partial charge in [0, 0.05) is 37.2 Å². The third kappa shape index (κ3) is 6.03. The molecule has 0 radical (unpaired) electrons. The molecular formula is C56H37NS. The molecule has 0 N–H and O–H groups in total. The van der Waals surface area contributed by atoms with Crippen LogP contribution in [-0.2, 0) is 0 Å². The van der Waals surface area contributed by atoms with Gasteiger partial charge in [0.05, 0.1) is 5.48 Å². The Labute approximate surface area is 348 Å². The first-order valence-electron chi connectivity index (χ1n) is 21.5. The summed E-state index contributed by atoms with van der Waals surface area (Å²) in [5.74, 6) is 0. The Morgan fingerprint density at radius 3 is 1.48 bits per heavy atom. The van der Waals surface area contributed by atoms with Crippen LogP contribution in [0.25, 0.3) is 86.2 Å². The fraction of sp³-hybridized carbons (Fsp3) is 0. The number of fused-ring (bicyclic) bond motifs is 5. The van der Waals surface area contributed by atoms with Crippen LogP contribution in [0.15, 0.2) is 224 Å². The summed E-state index contributed by atoms with van der Waals surface area (Å²) in [7, 11) is 0. The van der Waals surface area contributed by atoms with E-state index in [1.807, 2.05) is 77.7 Å². The highest BCUT2D eigenvalue weighted by Crippen LogP contribution is 2.42. The van der Waals surface area contributed by atoms with E-state index in [9.17, 15) is 5.48 Å². The zero-order valence-corrected chi connectivity index (χ0v) is 32.2. The van der Waals surface area contributed by atoms with Gasteiger partial charge in [-0.15, -0.1) is 11.3 Å². The van der Waals surface area contributed by atoms with Gasteiger partial charge in [0.2, 0.25) is 0 Å². The summed E-state index contributed by atoms with van der Waals surface area (Å²) in [6, 6.07) is 67.9. The van der Waals surface area contributed by atoms with Gasteiger partial charge >= 0.3 is 0 Å². The van der Waals surface area contributed by atoms with Gasteiger partial charge in [0.25, 0.3) is 0 Å². The van der Waals surface area contributed by atoms with Crippen LogP contribution in [0.1, 0.15) is 5.48 Å². The molecule has 272 valence electrons. The van der Waals surface area contributed by atoms with Crippen molar-refractivity contribution < 1.29 is 5.48 Å². The first kappa shape index (κ1) is 30.0. The number of anilines is 3. The first-order valence-corrected chi connectivity index (χ1v) is 20.3. The number of benzene rings is 10. The molecule has 0 bridgehead atoms. The molecule has 0 spiro atoms. The molecule has 2 heteroatoms. The van der Waals surface area contributed by atoms with E-state index in [-0.39, 0.29) is 35.4 Å². The van der Waals surface area contributed by atoms with Crippen LogP contribution in [0.3, 0.4) is 0 Å². The van der Waals surface area contributed by atoms with Crippen molar-refractivity contribution in [3.8, 4) is 44.5 Å². The van der Waals surface area contributed by atoms with Gasteiger partial charge in [-0.25, -0.2) is 0 Å². The summed E-state index contributed by atoms with van der Waals surface area (Å²) in [6.07, 6.45) is 0. The van der Waals surface area contributed by atoms with Crippen LogP contribution >= 0.6 is 11.3 Å². The Morgan fingerprint density at radius 1 is 0.328 bits per heavy atom. The zero-order chi connectivity index (χ0) is 41.9. The topological polar surface area (TPSA) is 3.24 Å². The Hall–Kier alpha value is -7.26. The molecule has 11 rings (SSSR count). The second kappa shape index (κ2) is 14.4. The summed E-state index contributed by atoms with van der Waals surface area (Å²) in [5.41, 5.74) is 8.86. The summed E-state index contributed by atoms with van der Waals surface area (Å²) in [5, 5.41) is 7.02. The molecule has 0 unspecified atom stereocenters. The number of thiophene rings is 1. The minimum Gasteiger partial charge on any atom is -0.311 e. The monoisotopic (exact) mass is 759 g/mol. The summed E-state index contributed by atoms with van der Waals surface area (Å²) in [6.45, 7) is 0. The molecule has 0 aliphatic rings. The van der Waals surface area contributed by atoms with E-state index in [1.54, 1.807) is 11.3 Å². The molecule has 58 heavy (non-hydrogen) atoms. The largest absolute Gasteiger partial charge is 0.311 e. The van der Waals surface area contributed by atoms with E-state index >= 15 is 0 Å². The lowest BCUT2D eigenvalue weighted by Crippen LogP contribution is -2.09. The standard InChI is InChI=1S/C56H37NS/c1-3-17-48-39(11-1)13-8-20-50(48)41-27-33-46(34-28-41)57(47-35-29-42(30-36-47)52-22-10-23-54-53-19-5-6-24-55(53)58-56(52)54)45-31-25-38(26-32-45)43-15-7-16-44(37-43)51-21-9-14-40-12-2-4-18-49(40)51/h1-37H/i25D,26D,31D,32D. The molecule has 11 aromatic rings. The van der Waals surface area contributed by atoms with Crippen molar-refractivity contribution in [3.63, 3.8) is 0 Å². The van der Waals surface area contributed by atoms with Crippen LogP contribution in [0.4, 0.5) is 17.1 Å². The van der Waals surface area contributed by atoms with Gasteiger partial charge in [-0.3, -0.25) is 0 Å². The lowest BCUT2D eigenvalue weighted by atomic mass is 9.95. The molecule has 0 amide bonds. The highest BCUT2D eigenvalue weighted by Gasteiger charge is 2.16. The summed E-state index contributed by atoms with van der Waals surface area (Å²) >= 11 is 1.79. The number of hydrogen-bond acceptors (Lipinski definition) is 2. The van der Waals surface area contributed by atoms with Crippen LogP contribution in [0.5, 0.6) is 0 Å². The van der Waals surface area contributed by atoms with Crippen molar-refractivity contribution in [2.45, 2.75) is 0 Å². The maximum absolute atomic E-state index is 9.63. The predicted octanol–water partition coefficient (Wildman–Crippen LogP) is 16.5. The van der Waals surface area contributed by atoms with Gasteiger partial charge < -0.3 is 4.90 Å². The highest BCUT2D eigenvalue weighted by atomic mass is 32.1. The molecule has 0 aliphatic heterocycles. The molecule has 10 aromatic carbocycles. The van der Waals surface area contributed by atoms with Crippen molar-refractivity contribution in [1.29, 1.82) is 0 Å². The molecule has 1 nitrogen and oxygen atoms in total.